The largest absolute Gasteiger partial charge is 0.352 e. The van der Waals surface area contributed by atoms with E-state index in [0.29, 0.717) is 16.7 Å². The van der Waals surface area contributed by atoms with Gasteiger partial charge in [0.2, 0.25) is 0 Å². The van der Waals surface area contributed by atoms with Crippen LogP contribution in [0.2, 0.25) is 0 Å². The first kappa shape index (κ1) is 23.4. The maximum Gasteiger partial charge on any atom is 0.159 e. The molecule has 3 aromatic carbocycles. The van der Waals surface area contributed by atoms with Crippen molar-refractivity contribution in [3.8, 4) is 11.8 Å². The number of hydrogen-bond donors (Lipinski definition) is 0. The highest BCUT2D eigenvalue weighted by Gasteiger charge is 2.21. The molecule has 3 aromatic rings. The second kappa shape index (κ2) is 11.4. The third kappa shape index (κ3) is 6.63. The molecule has 0 spiro atoms. The van der Waals surface area contributed by atoms with Crippen LogP contribution < -0.4 is 0 Å². The minimum Gasteiger partial charge on any atom is -0.352 e. The van der Waals surface area contributed by atoms with Crippen LogP contribution in [0.1, 0.15) is 55.7 Å². The molecule has 33 heavy (non-hydrogen) atoms. The third-order valence-corrected chi connectivity index (χ3v) is 6.10. The molecule has 0 aromatic heterocycles. The zero-order chi connectivity index (χ0) is 23.0. The van der Waals surface area contributed by atoms with Gasteiger partial charge in [-0.1, -0.05) is 56.2 Å². The molecule has 1 fully saturated rings. The van der Waals surface area contributed by atoms with Crippen LogP contribution >= 0.6 is 0 Å². The Balaban J connectivity index is 1.28. The van der Waals surface area contributed by atoms with Gasteiger partial charge in [-0.15, -0.1) is 0 Å². The van der Waals surface area contributed by atoms with Crippen molar-refractivity contribution in [2.24, 2.45) is 5.92 Å². The van der Waals surface area contributed by atoms with E-state index in [1.54, 1.807) is 12.1 Å². The first-order valence-corrected chi connectivity index (χ1v) is 11.8. The van der Waals surface area contributed by atoms with Crippen LogP contribution in [0.4, 0.5) is 8.78 Å². The average molecular weight is 449 g/mol. The van der Waals surface area contributed by atoms with Gasteiger partial charge in [-0.05, 0) is 65.6 Å². The summed E-state index contributed by atoms with van der Waals surface area (Å²) in [4.78, 5) is 0. The molecule has 1 aliphatic heterocycles. The summed E-state index contributed by atoms with van der Waals surface area (Å²) in [6, 6.07) is 15.9. The highest BCUT2D eigenvalue weighted by atomic mass is 19.2. The Morgan fingerprint density at radius 1 is 0.788 bits per heavy atom. The third-order valence-electron chi connectivity index (χ3n) is 6.10. The zero-order valence-corrected chi connectivity index (χ0v) is 19.1. The van der Waals surface area contributed by atoms with Gasteiger partial charge in [-0.2, -0.15) is 0 Å². The summed E-state index contributed by atoms with van der Waals surface area (Å²) in [6.07, 6.45) is 6.61. The van der Waals surface area contributed by atoms with Crippen molar-refractivity contribution in [2.45, 2.75) is 51.7 Å². The van der Waals surface area contributed by atoms with E-state index in [4.69, 9.17) is 9.47 Å². The minimum atomic E-state index is -0.848. The van der Waals surface area contributed by atoms with Gasteiger partial charge in [-0.3, -0.25) is 0 Å². The van der Waals surface area contributed by atoms with Gasteiger partial charge in [0.25, 0.3) is 0 Å². The van der Waals surface area contributed by atoms with Gasteiger partial charge >= 0.3 is 0 Å². The second-order valence-electron chi connectivity index (χ2n) is 8.77. The van der Waals surface area contributed by atoms with E-state index < -0.39 is 11.6 Å². The highest BCUT2D eigenvalue weighted by Crippen LogP contribution is 2.21. The maximum absolute atomic E-state index is 13.5. The molecule has 4 heteroatoms. The van der Waals surface area contributed by atoms with Crippen molar-refractivity contribution in [3.05, 3.63) is 82.9 Å². The van der Waals surface area contributed by atoms with Crippen LogP contribution in [-0.4, -0.2) is 19.5 Å². The molecule has 0 atom stereocenters. The van der Waals surface area contributed by atoms with Crippen LogP contribution in [0.3, 0.4) is 0 Å². The van der Waals surface area contributed by atoms with Gasteiger partial charge in [-0.25, -0.2) is 8.78 Å². The highest BCUT2D eigenvalue weighted by molar-refractivity contribution is 5.84. The Morgan fingerprint density at radius 3 is 2.18 bits per heavy atom. The van der Waals surface area contributed by atoms with E-state index in [2.05, 4.69) is 30.9 Å². The van der Waals surface area contributed by atoms with Gasteiger partial charge in [0.15, 0.2) is 17.9 Å². The fourth-order valence-corrected chi connectivity index (χ4v) is 4.10. The number of halogens is 2. The summed E-state index contributed by atoms with van der Waals surface area (Å²) >= 11 is 0. The molecular formula is C29H30F2O2. The van der Waals surface area contributed by atoms with Crippen molar-refractivity contribution >= 4 is 10.8 Å². The Bertz CT molecular complexity index is 1120. The molecule has 0 aliphatic carbocycles. The Labute approximate surface area is 194 Å². The topological polar surface area (TPSA) is 18.5 Å². The van der Waals surface area contributed by atoms with Gasteiger partial charge in [0.1, 0.15) is 0 Å². The fraction of sp³-hybridized carbons (Fsp3) is 0.379. The molecule has 0 saturated carbocycles. The van der Waals surface area contributed by atoms with E-state index in [-0.39, 0.29) is 6.29 Å². The Morgan fingerprint density at radius 2 is 1.45 bits per heavy atom. The number of unbranched alkanes of at least 4 members (excludes halogenated alkanes) is 2. The second-order valence-corrected chi connectivity index (χ2v) is 8.77. The maximum atomic E-state index is 13.5. The molecular weight excluding hydrogens is 418 g/mol. The summed E-state index contributed by atoms with van der Waals surface area (Å²) in [5.41, 5.74) is 2.89. The van der Waals surface area contributed by atoms with Crippen LogP contribution in [-0.2, 0) is 15.9 Å². The Kier molecular flexibility index (Phi) is 8.10. The smallest absolute Gasteiger partial charge is 0.159 e. The quantitative estimate of drug-likeness (QED) is 0.286. The van der Waals surface area contributed by atoms with Crippen LogP contribution in [0.5, 0.6) is 0 Å². The predicted octanol–water partition coefficient (Wildman–Crippen LogP) is 7.02. The lowest BCUT2D eigenvalue weighted by Gasteiger charge is -2.29. The van der Waals surface area contributed by atoms with Crippen LogP contribution in [0, 0.1) is 29.4 Å². The average Bonchev–Trinajstić information content (AvgIpc) is 2.84. The monoisotopic (exact) mass is 448 g/mol. The standard InChI is InChI=1S/C29H30F2O2/c1-2-3-4-5-24-19-32-29(33-20-24)15-13-22-8-6-21(7-9-22)10-11-23-12-14-25-17-27(30)28(31)18-26(25)16-23/h6-9,12,14,16-18,24,29H,2-5,13,15,19-20H2,1H3. The lowest BCUT2D eigenvalue weighted by Crippen LogP contribution is -2.32. The summed E-state index contributed by atoms with van der Waals surface area (Å²) < 4.78 is 38.7. The lowest BCUT2D eigenvalue weighted by atomic mass is 10.0. The van der Waals surface area contributed by atoms with Gasteiger partial charge in [0, 0.05) is 23.5 Å². The van der Waals surface area contributed by atoms with Gasteiger partial charge < -0.3 is 9.47 Å². The van der Waals surface area contributed by atoms with E-state index in [1.807, 2.05) is 18.2 Å². The number of ether oxygens (including phenoxy) is 2. The molecule has 4 rings (SSSR count). The van der Waals surface area contributed by atoms with E-state index in [9.17, 15) is 8.78 Å². The molecule has 0 amide bonds. The van der Waals surface area contributed by atoms with Crippen molar-refractivity contribution < 1.29 is 18.3 Å². The van der Waals surface area contributed by atoms with Crippen molar-refractivity contribution in [2.75, 3.05) is 13.2 Å². The fourth-order valence-electron chi connectivity index (χ4n) is 4.10. The number of fused-ring (bicyclic) bond motifs is 1. The van der Waals surface area contributed by atoms with Crippen molar-refractivity contribution in [1.29, 1.82) is 0 Å². The molecule has 0 N–H and O–H groups in total. The van der Waals surface area contributed by atoms with Crippen LogP contribution in [0.15, 0.2) is 54.6 Å². The molecule has 0 radical (unpaired) electrons. The molecule has 0 unspecified atom stereocenters. The normalized spacial score (nSPS) is 18.2. The van der Waals surface area contributed by atoms with Crippen molar-refractivity contribution in [1.82, 2.24) is 0 Å². The molecule has 172 valence electrons. The summed E-state index contributed by atoms with van der Waals surface area (Å²) in [7, 11) is 0. The first-order valence-electron chi connectivity index (χ1n) is 11.8. The lowest BCUT2D eigenvalue weighted by molar-refractivity contribution is -0.203. The number of aryl methyl sites for hydroxylation is 1. The summed E-state index contributed by atoms with van der Waals surface area (Å²) in [6.45, 7) is 3.83. The van der Waals surface area contributed by atoms with E-state index in [1.165, 1.54) is 43.4 Å². The number of benzene rings is 3. The summed E-state index contributed by atoms with van der Waals surface area (Å²) in [5.74, 6) is 5.10. The number of hydrogen-bond acceptors (Lipinski definition) is 2. The minimum absolute atomic E-state index is 0.113. The van der Waals surface area contributed by atoms with E-state index in [0.717, 1.165) is 37.2 Å². The molecule has 0 bridgehead atoms. The molecule has 1 heterocycles. The SMILES string of the molecule is CCCCCC1COC(CCc2ccc(C#Cc3ccc4cc(F)c(F)cc4c3)cc2)OC1. The van der Waals surface area contributed by atoms with E-state index >= 15 is 0 Å². The summed E-state index contributed by atoms with van der Waals surface area (Å²) in [5, 5.41) is 1.29. The molecule has 1 aliphatic rings. The first-order chi connectivity index (χ1) is 16.1. The number of rotatable bonds is 7. The van der Waals surface area contributed by atoms with Gasteiger partial charge in [0.05, 0.1) is 13.2 Å². The molecule has 1 saturated heterocycles. The zero-order valence-electron chi connectivity index (χ0n) is 19.1. The predicted molar refractivity (Wildman–Crippen MR) is 128 cm³/mol. The Hall–Kier alpha value is -2.74. The van der Waals surface area contributed by atoms with Crippen LogP contribution in [0.25, 0.3) is 10.8 Å². The van der Waals surface area contributed by atoms with Crippen molar-refractivity contribution in [3.63, 3.8) is 0 Å². The molecule has 2 nitrogen and oxygen atoms in total.